The SMILES string of the molecule is CC1=C(C)C(C)(C)c2c1c(-c1ccccc1)cc1c2C(C)(C)c2cc(N(c3ccccc3)c3ccccc3)ccc2-1. The second-order valence-electron chi connectivity index (χ2n) is 12.7. The number of hydrogen-bond acceptors (Lipinski definition) is 1. The Balaban J connectivity index is 1.49. The van der Waals surface area contributed by atoms with Crippen LogP contribution in [0.5, 0.6) is 0 Å². The van der Waals surface area contributed by atoms with E-state index < -0.39 is 0 Å². The first kappa shape index (κ1) is 25.6. The maximum atomic E-state index is 2.49. The van der Waals surface area contributed by atoms with Crippen molar-refractivity contribution in [1.82, 2.24) is 0 Å². The summed E-state index contributed by atoms with van der Waals surface area (Å²) in [6, 6.07) is 42.0. The Morgan fingerprint density at radius 1 is 0.488 bits per heavy atom. The molecule has 0 bridgehead atoms. The summed E-state index contributed by atoms with van der Waals surface area (Å²) in [6.45, 7) is 14.4. The van der Waals surface area contributed by atoms with Crippen molar-refractivity contribution in [2.24, 2.45) is 0 Å². The average Bonchev–Trinajstić information content (AvgIpc) is 3.32. The van der Waals surface area contributed by atoms with Gasteiger partial charge < -0.3 is 4.90 Å². The number of anilines is 3. The molecule has 1 heteroatoms. The molecule has 202 valence electrons. The lowest BCUT2D eigenvalue weighted by Gasteiger charge is -2.32. The molecule has 0 aliphatic heterocycles. The molecule has 0 saturated heterocycles. The van der Waals surface area contributed by atoms with E-state index in [1.165, 1.54) is 61.3 Å². The first-order chi connectivity index (χ1) is 19.7. The fourth-order valence-corrected chi connectivity index (χ4v) is 7.41. The third-order valence-electron chi connectivity index (χ3n) is 9.79. The van der Waals surface area contributed by atoms with E-state index in [0.29, 0.717) is 0 Å². The highest BCUT2D eigenvalue weighted by Gasteiger charge is 2.46. The number of nitrogens with zero attached hydrogens (tertiary/aromatic N) is 1. The van der Waals surface area contributed by atoms with Gasteiger partial charge >= 0.3 is 0 Å². The Bertz CT molecular complexity index is 1780. The van der Waals surface area contributed by atoms with Crippen molar-refractivity contribution < 1.29 is 0 Å². The third-order valence-corrected chi connectivity index (χ3v) is 9.79. The molecule has 0 amide bonds. The summed E-state index contributed by atoms with van der Waals surface area (Å²) in [5.74, 6) is 0. The lowest BCUT2D eigenvalue weighted by Crippen LogP contribution is -2.25. The minimum atomic E-state index is -0.138. The van der Waals surface area contributed by atoms with Gasteiger partial charge in [0.05, 0.1) is 0 Å². The summed E-state index contributed by atoms with van der Waals surface area (Å²) in [5, 5.41) is 0. The van der Waals surface area contributed by atoms with Gasteiger partial charge in [-0.3, -0.25) is 0 Å². The van der Waals surface area contributed by atoms with Gasteiger partial charge in [-0.05, 0) is 106 Å². The molecule has 0 atom stereocenters. The van der Waals surface area contributed by atoms with E-state index in [4.69, 9.17) is 0 Å². The fourth-order valence-electron chi connectivity index (χ4n) is 7.41. The minimum absolute atomic E-state index is 0.0312. The molecular weight excluding hydrogens is 494 g/mol. The number of fused-ring (bicyclic) bond motifs is 5. The van der Waals surface area contributed by atoms with E-state index in [0.717, 1.165) is 11.4 Å². The number of benzene rings is 5. The van der Waals surface area contributed by atoms with Gasteiger partial charge in [-0.1, -0.05) is 106 Å². The quantitative estimate of drug-likeness (QED) is 0.223. The molecule has 5 aromatic carbocycles. The van der Waals surface area contributed by atoms with Crippen LogP contribution in [0.4, 0.5) is 17.1 Å². The van der Waals surface area contributed by atoms with Crippen LogP contribution in [0.15, 0.2) is 121 Å². The van der Waals surface area contributed by atoms with Crippen molar-refractivity contribution in [2.45, 2.75) is 52.4 Å². The van der Waals surface area contributed by atoms with Crippen molar-refractivity contribution in [3.05, 3.63) is 143 Å². The van der Waals surface area contributed by atoms with Gasteiger partial charge in [0.15, 0.2) is 0 Å². The molecule has 0 N–H and O–H groups in total. The lowest BCUT2D eigenvalue weighted by molar-refractivity contribution is 0.590. The number of para-hydroxylation sites is 2. The molecule has 0 spiro atoms. The van der Waals surface area contributed by atoms with Crippen LogP contribution in [0.3, 0.4) is 0 Å². The van der Waals surface area contributed by atoms with Crippen molar-refractivity contribution >= 4 is 22.6 Å². The summed E-state index contributed by atoms with van der Waals surface area (Å²) >= 11 is 0. The molecule has 0 aromatic heterocycles. The summed E-state index contributed by atoms with van der Waals surface area (Å²) in [6.07, 6.45) is 0. The third kappa shape index (κ3) is 3.68. The Labute approximate surface area is 244 Å². The summed E-state index contributed by atoms with van der Waals surface area (Å²) in [4.78, 5) is 2.37. The Morgan fingerprint density at radius 2 is 1.05 bits per heavy atom. The first-order valence-corrected chi connectivity index (χ1v) is 14.7. The molecule has 1 nitrogen and oxygen atoms in total. The van der Waals surface area contributed by atoms with Crippen LogP contribution in [0, 0.1) is 0 Å². The first-order valence-electron chi connectivity index (χ1n) is 14.7. The average molecular weight is 532 g/mol. The molecule has 2 aliphatic rings. The molecule has 0 fully saturated rings. The predicted octanol–water partition coefficient (Wildman–Crippen LogP) is 11.2. The number of hydrogen-bond donors (Lipinski definition) is 0. The highest BCUT2D eigenvalue weighted by atomic mass is 15.1. The van der Waals surface area contributed by atoms with E-state index >= 15 is 0 Å². The summed E-state index contributed by atoms with van der Waals surface area (Å²) in [7, 11) is 0. The zero-order valence-corrected chi connectivity index (χ0v) is 24.9. The molecular formula is C40H37N. The van der Waals surface area contributed by atoms with Crippen LogP contribution in [-0.2, 0) is 10.8 Å². The highest BCUT2D eigenvalue weighted by Crippen LogP contribution is 2.60. The van der Waals surface area contributed by atoms with E-state index in [1.807, 2.05) is 0 Å². The van der Waals surface area contributed by atoms with Crippen molar-refractivity contribution in [1.29, 1.82) is 0 Å². The molecule has 0 heterocycles. The second-order valence-corrected chi connectivity index (χ2v) is 12.7. The zero-order chi connectivity index (χ0) is 28.5. The van der Waals surface area contributed by atoms with E-state index in [-0.39, 0.29) is 10.8 Å². The molecule has 2 aliphatic carbocycles. The fraction of sp³-hybridized carbons (Fsp3) is 0.200. The smallest absolute Gasteiger partial charge is 0.0465 e. The van der Waals surface area contributed by atoms with E-state index in [1.54, 1.807) is 0 Å². The number of rotatable bonds is 4. The van der Waals surface area contributed by atoms with Crippen LogP contribution in [0.2, 0.25) is 0 Å². The maximum absolute atomic E-state index is 2.49. The van der Waals surface area contributed by atoms with Gasteiger partial charge in [-0.25, -0.2) is 0 Å². The maximum Gasteiger partial charge on any atom is 0.0465 e. The minimum Gasteiger partial charge on any atom is -0.310 e. The van der Waals surface area contributed by atoms with Crippen LogP contribution in [0.25, 0.3) is 27.8 Å². The van der Waals surface area contributed by atoms with Gasteiger partial charge in [-0.15, -0.1) is 0 Å². The van der Waals surface area contributed by atoms with E-state index in [2.05, 4.69) is 162 Å². The molecule has 0 unspecified atom stereocenters. The van der Waals surface area contributed by atoms with Gasteiger partial charge in [0.2, 0.25) is 0 Å². The largest absolute Gasteiger partial charge is 0.310 e. The number of allylic oxidation sites excluding steroid dienone is 2. The molecule has 41 heavy (non-hydrogen) atoms. The van der Waals surface area contributed by atoms with Crippen LogP contribution < -0.4 is 4.90 Å². The van der Waals surface area contributed by atoms with Crippen LogP contribution in [-0.4, -0.2) is 0 Å². The van der Waals surface area contributed by atoms with Gasteiger partial charge in [0, 0.05) is 27.9 Å². The van der Waals surface area contributed by atoms with Gasteiger partial charge in [-0.2, -0.15) is 0 Å². The van der Waals surface area contributed by atoms with Crippen molar-refractivity contribution in [2.75, 3.05) is 4.90 Å². The second kappa shape index (κ2) is 9.08. The standard InChI is InChI=1S/C40H37N/c1-26-27(2)39(3,4)38-36(26)33(28-16-10-7-11-17-28)25-34-32-23-22-31(24-35(32)40(5,6)37(34)38)41(29-18-12-8-13-19-29)30-20-14-9-15-21-30/h7-25H,1-6H3. The Hall–Kier alpha value is -4.36. The summed E-state index contributed by atoms with van der Waals surface area (Å²) in [5.41, 5.74) is 17.5. The zero-order valence-electron chi connectivity index (χ0n) is 24.9. The van der Waals surface area contributed by atoms with Gasteiger partial charge in [0.25, 0.3) is 0 Å². The van der Waals surface area contributed by atoms with Gasteiger partial charge in [0.1, 0.15) is 0 Å². The van der Waals surface area contributed by atoms with Crippen molar-refractivity contribution in [3.63, 3.8) is 0 Å². The molecule has 0 radical (unpaired) electrons. The Morgan fingerprint density at radius 3 is 1.63 bits per heavy atom. The topological polar surface area (TPSA) is 3.24 Å². The molecule has 5 aromatic rings. The highest BCUT2D eigenvalue weighted by molar-refractivity contribution is 5.97. The van der Waals surface area contributed by atoms with Crippen LogP contribution >= 0.6 is 0 Å². The lowest BCUT2D eigenvalue weighted by atomic mass is 9.71. The Kier molecular flexibility index (Phi) is 5.67. The molecule has 7 rings (SSSR count). The van der Waals surface area contributed by atoms with E-state index in [9.17, 15) is 0 Å². The normalized spacial score (nSPS) is 15.9. The predicted molar refractivity (Wildman–Crippen MR) is 175 cm³/mol. The van der Waals surface area contributed by atoms with Crippen molar-refractivity contribution in [3.8, 4) is 22.3 Å². The molecule has 0 saturated carbocycles. The summed E-state index contributed by atoms with van der Waals surface area (Å²) < 4.78 is 0. The van der Waals surface area contributed by atoms with Crippen LogP contribution in [0.1, 0.15) is 63.8 Å². The monoisotopic (exact) mass is 531 g/mol.